The van der Waals surface area contributed by atoms with Gasteiger partial charge in [0.25, 0.3) is 0 Å². The van der Waals surface area contributed by atoms with Gasteiger partial charge in [0, 0.05) is 27.4 Å². The molecule has 2 heterocycles. The first-order valence-corrected chi connectivity index (χ1v) is 7.69. The van der Waals surface area contributed by atoms with Gasteiger partial charge in [-0.15, -0.1) is 0 Å². The Morgan fingerprint density at radius 1 is 1.11 bits per heavy atom. The van der Waals surface area contributed by atoms with Crippen molar-refractivity contribution in [1.82, 2.24) is 9.97 Å². The molecule has 0 amide bonds. The van der Waals surface area contributed by atoms with Gasteiger partial charge in [-0.3, -0.25) is 0 Å². The van der Waals surface area contributed by atoms with Crippen molar-refractivity contribution in [2.24, 2.45) is 0 Å². The highest BCUT2D eigenvalue weighted by molar-refractivity contribution is 9.11. The first-order chi connectivity index (χ1) is 8.65. The molecule has 94 valence electrons. The van der Waals surface area contributed by atoms with Crippen LogP contribution < -0.4 is 4.90 Å². The Hall–Kier alpha value is -0.390. The Labute approximate surface area is 127 Å². The molecule has 1 aliphatic heterocycles. The van der Waals surface area contributed by atoms with Gasteiger partial charge in [0.15, 0.2) is 0 Å². The van der Waals surface area contributed by atoms with E-state index >= 15 is 0 Å². The Bertz CT molecular complexity index is 612. The number of aromatic nitrogens is 2. The van der Waals surface area contributed by atoms with Crippen LogP contribution in [-0.2, 0) is 0 Å². The van der Waals surface area contributed by atoms with Gasteiger partial charge in [-0.05, 0) is 52.5 Å². The molecule has 1 aromatic carbocycles. The highest BCUT2D eigenvalue weighted by Gasteiger charge is 2.19. The van der Waals surface area contributed by atoms with Gasteiger partial charge in [-0.2, -0.15) is 4.98 Å². The van der Waals surface area contributed by atoms with Gasteiger partial charge in [0.2, 0.25) is 5.28 Å². The van der Waals surface area contributed by atoms with Crippen molar-refractivity contribution in [3.63, 3.8) is 0 Å². The summed E-state index contributed by atoms with van der Waals surface area (Å²) in [5.41, 5.74) is 0.861. The van der Waals surface area contributed by atoms with Crippen LogP contribution in [0.1, 0.15) is 12.8 Å². The summed E-state index contributed by atoms with van der Waals surface area (Å²) in [7, 11) is 0. The van der Waals surface area contributed by atoms with Crippen LogP contribution in [0, 0.1) is 0 Å². The summed E-state index contributed by atoms with van der Waals surface area (Å²) in [4.78, 5) is 11.0. The van der Waals surface area contributed by atoms with Crippen molar-refractivity contribution in [3.8, 4) is 0 Å². The normalized spacial score (nSPS) is 15.6. The average Bonchev–Trinajstić information content (AvgIpc) is 2.83. The Morgan fingerprint density at radius 2 is 1.83 bits per heavy atom. The molecule has 3 nitrogen and oxygen atoms in total. The number of fused-ring (bicyclic) bond motifs is 1. The Morgan fingerprint density at radius 3 is 2.56 bits per heavy atom. The second kappa shape index (κ2) is 4.94. The van der Waals surface area contributed by atoms with Gasteiger partial charge >= 0.3 is 0 Å². The van der Waals surface area contributed by atoms with E-state index in [0.717, 1.165) is 38.8 Å². The van der Waals surface area contributed by atoms with Crippen molar-refractivity contribution >= 4 is 60.2 Å². The molecule has 0 bridgehead atoms. The number of halogens is 3. The van der Waals surface area contributed by atoms with Crippen molar-refractivity contribution in [3.05, 3.63) is 26.4 Å². The molecule has 0 saturated carbocycles. The molecule has 0 atom stereocenters. The Balaban J connectivity index is 2.28. The zero-order valence-corrected chi connectivity index (χ0v) is 13.4. The molecule has 1 aromatic heterocycles. The van der Waals surface area contributed by atoms with Crippen LogP contribution in [0.25, 0.3) is 10.9 Å². The highest BCUT2D eigenvalue weighted by Crippen LogP contribution is 2.34. The standard InChI is InChI=1S/C12H10Br2ClN3/c13-7-5-8-10(9(14)6-7)16-12(15)17-11(8)18-3-1-2-4-18/h5-6H,1-4H2. The van der Waals surface area contributed by atoms with Gasteiger partial charge < -0.3 is 4.90 Å². The number of benzene rings is 1. The molecular weight excluding hydrogens is 381 g/mol. The van der Waals surface area contributed by atoms with E-state index in [1.807, 2.05) is 12.1 Å². The SMILES string of the molecule is Clc1nc(N2CCCC2)c2cc(Br)cc(Br)c2n1. The smallest absolute Gasteiger partial charge is 0.224 e. The third-order valence-electron chi connectivity index (χ3n) is 3.08. The van der Waals surface area contributed by atoms with Gasteiger partial charge in [0.05, 0.1) is 5.52 Å². The number of hydrogen-bond acceptors (Lipinski definition) is 3. The molecule has 1 saturated heterocycles. The maximum Gasteiger partial charge on any atom is 0.224 e. The second-order valence-electron chi connectivity index (χ2n) is 4.29. The molecular formula is C12H10Br2ClN3. The quantitative estimate of drug-likeness (QED) is 0.675. The fraction of sp³-hybridized carbons (Fsp3) is 0.333. The maximum absolute atomic E-state index is 6.03. The molecule has 6 heteroatoms. The fourth-order valence-corrected chi connectivity index (χ4v) is 3.76. The number of rotatable bonds is 1. The van der Waals surface area contributed by atoms with Crippen LogP contribution in [-0.4, -0.2) is 23.1 Å². The molecule has 0 unspecified atom stereocenters. The monoisotopic (exact) mass is 389 g/mol. The summed E-state index contributed by atoms with van der Waals surface area (Å²) in [5, 5.41) is 1.33. The molecule has 2 aromatic rings. The van der Waals surface area contributed by atoms with Crippen molar-refractivity contribution in [2.45, 2.75) is 12.8 Å². The van der Waals surface area contributed by atoms with Gasteiger partial charge in [-0.25, -0.2) is 4.98 Å². The molecule has 0 spiro atoms. The van der Waals surface area contributed by atoms with E-state index in [4.69, 9.17) is 11.6 Å². The summed E-state index contributed by atoms with van der Waals surface area (Å²) in [5.74, 6) is 0.935. The minimum Gasteiger partial charge on any atom is -0.356 e. The van der Waals surface area contributed by atoms with Crippen molar-refractivity contribution < 1.29 is 0 Å². The van der Waals surface area contributed by atoms with Gasteiger partial charge in [-0.1, -0.05) is 15.9 Å². The van der Waals surface area contributed by atoms with Crippen LogP contribution in [0.5, 0.6) is 0 Å². The van der Waals surface area contributed by atoms with Crippen LogP contribution in [0.15, 0.2) is 21.1 Å². The summed E-state index contributed by atoms with van der Waals surface area (Å²) >= 11 is 13.1. The fourth-order valence-electron chi connectivity index (χ4n) is 2.28. The van der Waals surface area contributed by atoms with Crippen molar-refractivity contribution in [1.29, 1.82) is 0 Å². The topological polar surface area (TPSA) is 29.0 Å². The lowest BCUT2D eigenvalue weighted by Gasteiger charge is -2.18. The lowest BCUT2D eigenvalue weighted by atomic mass is 10.2. The van der Waals surface area contributed by atoms with Gasteiger partial charge in [0.1, 0.15) is 5.82 Å². The van der Waals surface area contributed by atoms with E-state index in [0.29, 0.717) is 5.28 Å². The average molecular weight is 391 g/mol. The van der Waals surface area contributed by atoms with Crippen LogP contribution in [0.2, 0.25) is 5.28 Å². The van der Waals surface area contributed by atoms with Crippen LogP contribution in [0.4, 0.5) is 5.82 Å². The molecule has 0 radical (unpaired) electrons. The lowest BCUT2D eigenvalue weighted by Crippen LogP contribution is -2.19. The van der Waals surface area contributed by atoms with E-state index in [2.05, 4.69) is 46.7 Å². The number of anilines is 1. The van der Waals surface area contributed by atoms with Crippen LogP contribution >= 0.6 is 43.5 Å². The molecule has 3 rings (SSSR count). The third-order valence-corrected chi connectivity index (χ3v) is 4.31. The summed E-state index contributed by atoms with van der Waals surface area (Å²) in [6, 6.07) is 4.02. The van der Waals surface area contributed by atoms with E-state index in [-0.39, 0.29) is 0 Å². The Kier molecular flexibility index (Phi) is 3.47. The van der Waals surface area contributed by atoms with E-state index in [1.165, 1.54) is 12.8 Å². The molecule has 0 aliphatic carbocycles. The predicted molar refractivity (Wildman–Crippen MR) is 81.4 cm³/mol. The maximum atomic E-state index is 6.03. The van der Waals surface area contributed by atoms with E-state index in [1.54, 1.807) is 0 Å². The largest absolute Gasteiger partial charge is 0.356 e. The van der Waals surface area contributed by atoms with E-state index in [9.17, 15) is 0 Å². The first kappa shape index (κ1) is 12.6. The minimum absolute atomic E-state index is 0.299. The van der Waals surface area contributed by atoms with Crippen LogP contribution in [0.3, 0.4) is 0 Å². The molecule has 1 aliphatic rings. The number of hydrogen-bond donors (Lipinski definition) is 0. The predicted octanol–water partition coefficient (Wildman–Crippen LogP) is 4.41. The lowest BCUT2D eigenvalue weighted by molar-refractivity contribution is 0.939. The first-order valence-electron chi connectivity index (χ1n) is 5.72. The zero-order chi connectivity index (χ0) is 12.7. The number of nitrogens with zero attached hydrogens (tertiary/aromatic N) is 3. The molecule has 0 N–H and O–H groups in total. The summed E-state index contributed by atoms with van der Waals surface area (Å²) in [6.07, 6.45) is 2.41. The highest BCUT2D eigenvalue weighted by atomic mass is 79.9. The summed E-state index contributed by atoms with van der Waals surface area (Å²) < 4.78 is 1.94. The minimum atomic E-state index is 0.299. The molecule has 18 heavy (non-hydrogen) atoms. The third kappa shape index (κ3) is 2.24. The molecule has 1 fully saturated rings. The van der Waals surface area contributed by atoms with Crippen molar-refractivity contribution in [2.75, 3.05) is 18.0 Å². The zero-order valence-electron chi connectivity index (χ0n) is 9.46. The summed E-state index contributed by atoms with van der Waals surface area (Å²) in [6.45, 7) is 2.07. The van der Waals surface area contributed by atoms with E-state index < -0.39 is 0 Å². The second-order valence-corrected chi connectivity index (χ2v) is 6.40.